The highest BCUT2D eigenvalue weighted by molar-refractivity contribution is 5.91. The van der Waals surface area contributed by atoms with Gasteiger partial charge in [-0.15, -0.1) is 0 Å². The average Bonchev–Trinajstić information content (AvgIpc) is 2.97. The molecule has 5 rings (SSSR count). The van der Waals surface area contributed by atoms with Gasteiger partial charge in [0.1, 0.15) is 19.0 Å². The number of anilines is 1. The van der Waals surface area contributed by atoms with E-state index in [-0.39, 0.29) is 12.6 Å². The van der Waals surface area contributed by atoms with Crippen LogP contribution in [0.2, 0.25) is 0 Å². The number of hydrogen-bond acceptors (Lipinski definition) is 5. The summed E-state index contributed by atoms with van der Waals surface area (Å²) in [5, 5.41) is 15.1. The predicted molar refractivity (Wildman–Crippen MR) is 149 cm³/mol. The lowest BCUT2D eigenvalue weighted by molar-refractivity contribution is 0.104. The first kappa shape index (κ1) is 26.3. The maximum absolute atomic E-state index is 13.2. The highest BCUT2D eigenvalue weighted by Crippen LogP contribution is 2.42. The summed E-state index contributed by atoms with van der Waals surface area (Å²) in [5.41, 5.74) is 4.45. The molecule has 0 heterocycles. The van der Waals surface area contributed by atoms with Crippen LogP contribution in [0.15, 0.2) is 72.8 Å². The van der Waals surface area contributed by atoms with Crippen LogP contribution in [0.3, 0.4) is 0 Å². The normalized spacial score (nSPS) is 19.4. The fourth-order valence-corrected chi connectivity index (χ4v) is 5.72. The van der Waals surface area contributed by atoms with Crippen molar-refractivity contribution in [2.75, 3.05) is 11.9 Å². The summed E-state index contributed by atoms with van der Waals surface area (Å²) >= 11 is 0. The minimum absolute atomic E-state index is 0.00451. The fraction of sp³-hybridized carbons (Fsp3) is 0.406. The van der Waals surface area contributed by atoms with E-state index in [0.29, 0.717) is 24.1 Å². The molecule has 2 atom stereocenters. The van der Waals surface area contributed by atoms with Crippen LogP contribution in [-0.2, 0) is 24.4 Å². The van der Waals surface area contributed by atoms with E-state index in [1.54, 1.807) is 7.05 Å². The third-order valence-electron chi connectivity index (χ3n) is 7.79. The van der Waals surface area contributed by atoms with Gasteiger partial charge in [0, 0.05) is 19.1 Å². The summed E-state index contributed by atoms with van der Waals surface area (Å²) in [7, 11) is 1.72. The first-order chi connectivity index (χ1) is 18.6. The molecule has 6 nitrogen and oxygen atoms in total. The summed E-state index contributed by atoms with van der Waals surface area (Å²) in [6.07, 6.45) is 6.58. The number of fused-ring (bicyclic) bond motifs is 1. The van der Waals surface area contributed by atoms with E-state index in [9.17, 15) is 9.90 Å². The van der Waals surface area contributed by atoms with E-state index in [4.69, 9.17) is 9.47 Å². The molecule has 2 aliphatic rings. The third kappa shape index (κ3) is 6.20. The number of rotatable bonds is 8. The first-order valence-corrected chi connectivity index (χ1v) is 13.8. The molecular formula is C32H38N2O4. The van der Waals surface area contributed by atoms with Crippen LogP contribution in [0.25, 0.3) is 0 Å². The van der Waals surface area contributed by atoms with E-state index in [1.807, 2.05) is 72.8 Å². The molecule has 0 bridgehead atoms. The second-order valence-corrected chi connectivity index (χ2v) is 10.4. The van der Waals surface area contributed by atoms with Crippen molar-refractivity contribution in [1.82, 2.24) is 5.32 Å². The van der Waals surface area contributed by atoms with E-state index < -0.39 is 12.2 Å². The van der Waals surface area contributed by atoms with Gasteiger partial charge in [-0.25, -0.2) is 4.79 Å². The van der Waals surface area contributed by atoms with Crippen molar-refractivity contribution >= 4 is 11.8 Å². The maximum Gasteiger partial charge on any atom is 0.414 e. The molecule has 2 aliphatic carbocycles. The number of benzene rings is 3. The van der Waals surface area contributed by atoms with E-state index in [0.717, 1.165) is 35.1 Å². The van der Waals surface area contributed by atoms with Crippen molar-refractivity contribution in [1.29, 1.82) is 0 Å². The van der Waals surface area contributed by atoms with Gasteiger partial charge in [-0.05, 0) is 54.0 Å². The van der Waals surface area contributed by atoms with Crippen LogP contribution in [0.4, 0.5) is 10.5 Å². The lowest BCUT2D eigenvalue weighted by Gasteiger charge is -2.37. The molecular weight excluding hydrogens is 476 g/mol. The standard InChI is InChI=1S/C32H38N2O4/c1-34(32(36)38-22-24-13-7-3-8-14-24)30-26-17-19-28(33-25-15-9-4-10-16-25)31(35)27(26)18-20-29(30)37-21-23-11-5-2-6-12-23/h2-3,5-8,11-14,18,20,25,28,31,33,35H,4,9-10,15-17,19,21-22H2,1H3. The summed E-state index contributed by atoms with van der Waals surface area (Å²) in [4.78, 5) is 14.7. The quantitative estimate of drug-likeness (QED) is 0.369. The number of carbonyl (C=O) groups excluding carboxylic acids is 1. The van der Waals surface area contributed by atoms with E-state index in [1.165, 1.54) is 37.0 Å². The molecule has 0 aromatic heterocycles. The molecule has 2 unspecified atom stereocenters. The number of amides is 1. The van der Waals surface area contributed by atoms with Gasteiger partial charge < -0.3 is 19.9 Å². The van der Waals surface area contributed by atoms with Crippen molar-refractivity contribution in [3.8, 4) is 5.75 Å². The van der Waals surface area contributed by atoms with Gasteiger partial charge in [-0.3, -0.25) is 4.90 Å². The van der Waals surface area contributed by atoms with E-state index in [2.05, 4.69) is 5.32 Å². The van der Waals surface area contributed by atoms with Gasteiger partial charge >= 0.3 is 6.09 Å². The van der Waals surface area contributed by atoms with Crippen LogP contribution >= 0.6 is 0 Å². The summed E-state index contributed by atoms with van der Waals surface area (Å²) in [6.45, 7) is 0.573. The minimum Gasteiger partial charge on any atom is -0.487 e. The smallest absolute Gasteiger partial charge is 0.414 e. The number of nitrogens with one attached hydrogen (secondary N) is 1. The zero-order valence-corrected chi connectivity index (χ0v) is 22.1. The SMILES string of the molecule is CN(C(=O)OCc1ccccc1)c1c(OCc2ccccc2)ccc2c1CCC(NC1CCCCC1)C2O. The molecule has 3 aromatic rings. The maximum atomic E-state index is 13.2. The van der Waals surface area contributed by atoms with Gasteiger partial charge in [0.05, 0.1) is 11.8 Å². The Balaban J connectivity index is 1.39. The van der Waals surface area contributed by atoms with Crippen LogP contribution < -0.4 is 15.0 Å². The molecule has 38 heavy (non-hydrogen) atoms. The monoisotopic (exact) mass is 514 g/mol. The van der Waals surface area contributed by atoms with Crippen LogP contribution in [0.1, 0.15) is 66.9 Å². The lowest BCUT2D eigenvalue weighted by atomic mass is 9.83. The summed E-state index contributed by atoms with van der Waals surface area (Å²) in [6, 6.07) is 23.9. The van der Waals surface area contributed by atoms with Crippen molar-refractivity contribution in [3.05, 3.63) is 95.1 Å². The number of carbonyl (C=O) groups is 1. The highest BCUT2D eigenvalue weighted by atomic mass is 16.6. The second-order valence-electron chi connectivity index (χ2n) is 10.4. The van der Waals surface area contributed by atoms with Crippen molar-refractivity contribution in [3.63, 3.8) is 0 Å². The largest absolute Gasteiger partial charge is 0.487 e. The molecule has 2 N–H and O–H groups in total. The van der Waals surface area contributed by atoms with Crippen LogP contribution in [0.5, 0.6) is 5.75 Å². The fourth-order valence-electron chi connectivity index (χ4n) is 5.72. The first-order valence-electron chi connectivity index (χ1n) is 13.8. The molecule has 0 aliphatic heterocycles. The number of ether oxygens (including phenoxy) is 2. The van der Waals surface area contributed by atoms with Crippen LogP contribution in [-0.4, -0.2) is 30.3 Å². The lowest BCUT2D eigenvalue weighted by Crippen LogP contribution is -2.45. The number of aliphatic hydroxyl groups excluding tert-OH is 1. The molecule has 1 saturated carbocycles. The number of nitrogens with zero attached hydrogens (tertiary/aromatic N) is 1. The predicted octanol–water partition coefficient (Wildman–Crippen LogP) is 6.31. The molecule has 0 saturated heterocycles. The van der Waals surface area contributed by atoms with Gasteiger partial charge in [0.25, 0.3) is 0 Å². The zero-order valence-electron chi connectivity index (χ0n) is 22.1. The second kappa shape index (κ2) is 12.5. The van der Waals surface area contributed by atoms with Gasteiger partial charge in [-0.2, -0.15) is 0 Å². The minimum atomic E-state index is -0.642. The molecule has 1 amide bonds. The van der Waals surface area contributed by atoms with Crippen molar-refractivity contribution in [2.45, 2.75) is 76.3 Å². The highest BCUT2D eigenvalue weighted by Gasteiger charge is 2.34. The Kier molecular flexibility index (Phi) is 8.61. The van der Waals surface area contributed by atoms with Crippen molar-refractivity contribution < 1.29 is 19.4 Å². The Morgan fingerprint density at radius 2 is 1.55 bits per heavy atom. The zero-order chi connectivity index (χ0) is 26.3. The van der Waals surface area contributed by atoms with Gasteiger partial charge in [0.2, 0.25) is 0 Å². The molecule has 1 fully saturated rings. The topological polar surface area (TPSA) is 71.0 Å². The van der Waals surface area contributed by atoms with E-state index >= 15 is 0 Å². The van der Waals surface area contributed by atoms with Gasteiger partial charge in [-0.1, -0.05) is 86.0 Å². The Hall–Kier alpha value is -3.35. The number of hydrogen-bond donors (Lipinski definition) is 2. The molecule has 200 valence electrons. The Labute approximate surface area is 225 Å². The summed E-state index contributed by atoms with van der Waals surface area (Å²) < 4.78 is 11.9. The molecule has 6 heteroatoms. The van der Waals surface area contributed by atoms with Gasteiger partial charge in [0.15, 0.2) is 0 Å². The third-order valence-corrected chi connectivity index (χ3v) is 7.79. The Morgan fingerprint density at radius 3 is 2.24 bits per heavy atom. The summed E-state index contributed by atoms with van der Waals surface area (Å²) in [5.74, 6) is 0.609. The van der Waals surface area contributed by atoms with Crippen molar-refractivity contribution in [2.24, 2.45) is 0 Å². The van der Waals surface area contributed by atoms with Crippen LogP contribution in [0, 0.1) is 0 Å². The average molecular weight is 515 g/mol. The molecule has 0 radical (unpaired) electrons. The Morgan fingerprint density at radius 1 is 0.895 bits per heavy atom. The Bertz CT molecular complexity index is 1190. The molecule has 3 aromatic carbocycles. The molecule has 0 spiro atoms. The number of aliphatic hydroxyl groups is 1.